The maximum absolute atomic E-state index is 12.5. The van der Waals surface area contributed by atoms with Gasteiger partial charge in [-0.3, -0.25) is 18.2 Å². The number of rotatable bonds is 14. The minimum Gasteiger partial charge on any atom is -0.506 e. The molecule has 0 fully saturated rings. The topological polar surface area (TPSA) is 369 Å². The van der Waals surface area contributed by atoms with Gasteiger partial charge in [0.25, 0.3) is 40.5 Å². The van der Waals surface area contributed by atoms with Crippen LogP contribution in [0.15, 0.2) is 188 Å². The van der Waals surface area contributed by atoms with Gasteiger partial charge in [0.2, 0.25) is 0 Å². The van der Waals surface area contributed by atoms with Crippen molar-refractivity contribution in [2.75, 3.05) is 5.32 Å². The molecule has 0 radical (unpaired) electrons. The second-order valence-corrected chi connectivity index (χ2v) is 21.8. The van der Waals surface area contributed by atoms with Gasteiger partial charge in [-0.15, -0.1) is 15.3 Å². The van der Waals surface area contributed by atoms with Crippen molar-refractivity contribution in [2.45, 2.75) is 40.4 Å². The predicted molar refractivity (Wildman–Crippen MR) is 270 cm³/mol. The Morgan fingerprint density at radius 1 is 0.392 bits per heavy atom. The summed E-state index contributed by atoms with van der Waals surface area (Å²) in [5, 5.41) is 57.9. The lowest BCUT2D eigenvalue weighted by Gasteiger charge is -2.11. The first-order chi connectivity index (χ1) is 34.7. The van der Waals surface area contributed by atoms with Crippen molar-refractivity contribution in [1.82, 2.24) is 0 Å². The lowest BCUT2D eigenvalue weighted by molar-refractivity contribution is 0.471. The summed E-state index contributed by atoms with van der Waals surface area (Å²) < 4.78 is 137. The normalized spacial score (nSPS) is 12.9. The minimum atomic E-state index is -5.15. The van der Waals surface area contributed by atoms with Gasteiger partial charge in [-0.1, -0.05) is 18.2 Å². The van der Waals surface area contributed by atoms with E-state index in [0.29, 0.717) is 51.6 Å². The van der Waals surface area contributed by atoms with Crippen LogP contribution in [0.25, 0.3) is 21.5 Å². The Labute approximate surface area is 421 Å². The quantitative estimate of drug-likeness (QED) is 0.0393. The van der Waals surface area contributed by atoms with Gasteiger partial charge in [0.1, 0.15) is 37.5 Å². The highest BCUT2D eigenvalue weighted by Gasteiger charge is 2.26. The predicted octanol–water partition coefficient (Wildman–Crippen LogP) is 12.7. The Hall–Kier alpha value is -8.28. The number of anilines is 2. The number of aromatic hydroxyl groups is 2. The zero-order valence-corrected chi connectivity index (χ0v) is 41.6. The first-order valence-corrected chi connectivity index (χ1v) is 26.8. The molecule has 23 nitrogen and oxygen atoms in total. The smallest absolute Gasteiger partial charge is 0.296 e. The molecule has 0 atom stereocenters. The van der Waals surface area contributed by atoms with Crippen LogP contribution in [0.2, 0.25) is 0 Å². The first-order valence-electron chi connectivity index (χ1n) is 21.1. The highest BCUT2D eigenvalue weighted by Crippen LogP contribution is 2.44. The molecule has 8 aromatic rings. The highest BCUT2D eigenvalue weighted by atomic mass is 32.2. The SMILES string of the molecule is Cc1cc(N=Nc2cc(O)c(N=Nc3c(S(=O)(=O)O)cc4cc(Nc5ccccc5)ccc4c3O)cc2C)ccc1N=Nc1ccc(N=Nc2cc3c(S(=O)(=O)O)cc(S(=O)(=O)O)cc3cc2S(=O)(=O)O)c(C)c1. The molecular formula is C47H37N9O14S4. The number of hydrogen-bond acceptors (Lipinski definition) is 19. The molecule has 0 aromatic heterocycles. The molecule has 0 saturated carbocycles. The largest absolute Gasteiger partial charge is 0.506 e. The van der Waals surface area contributed by atoms with Crippen LogP contribution in [0.1, 0.15) is 16.7 Å². The van der Waals surface area contributed by atoms with Gasteiger partial charge in [0.15, 0.2) is 5.75 Å². The van der Waals surface area contributed by atoms with Crippen LogP contribution in [-0.2, 0) is 40.5 Å². The van der Waals surface area contributed by atoms with Crippen molar-refractivity contribution < 1.29 is 62.1 Å². The van der Waals surface area contributed by atoms with Crippen molar-refractivity contribution in [1.29, 1.82) is 0 Å². The van der Waals surface area contributed by atoms with Crippen LogP contribution in [0, 0.1) is 20.8 Å². The van der Waals surface area contributed by atoms with Crippen LogP contribution in [0.3, 0.4) is 0 Å². The molecule has 0 spiro atoms. The van der Waals surface area contributed by atoms with E-state index in [1.165, 1.54) is 24.3 Å². The molecule has 0 unspecified atom stereocenters. The summed E-state index contributed by atoms with van der Waals surface area (Å²) in [6.07, 6.45) is 0. The van der Waals surface area contributed by atoms with Crippen LogP contribution in [-0.4, -0.2) is 62.1 Å². The number of para-hydroxylation sites is 1. The van der Waals surface area contributed by atoms with Gasteiger partial charge in [0, 0.05) is 28.2 Å². The van der Waals surface area contributed by atoms with E-state index in [4.69, 9.17) is 0 Å². The molecule has 0 aliphatic carbocycles. The summed E-state index contributed by atoms with van der Waals surface area (Å²) in [6, 6.07) is 30.0. The van der Waals surface area contributed by atoms with E-state index in [1.807, 2.05) is 30.3 Å². The first kappa shape index (κ1) is 52.1. The van der Waals surface area contributed by atoms with E-state index in [0.717, 1.165) is 23.9 Å². The molecular weight excluding hydrogens is 1040 g/mol. The lowest BCUT2D eigenvalue weighted by atomic mass is 10.1. The monoisotopic (exact) mass is 1080 g/mol. The zero-order chi connectivity index (χ0) is 53.5. The zero-order valence-electron chi connectivity index (χ0n) is 38.3. The van der Waals surface area contributed by atoms with Crippen LogP contribution in [0.5, 0.6) is 11.5 Å². The number of phenolic OH excluding ortho intramolecular Hbond substituents is 2. The molecule has 0 bridgehead atoms. The molecule has 27 heteroatoms. The van der Waals surface area contributed by atoms with Crippen molar-refractivity contribution in [3.05, 3.63) is 144 Å². The maximum Gasteiger partial charge on any atom is 0.296 e. The van der Waals surface area contributed by atoms with E-state index in [-0.39, 0.29) is 27.8 Å². The standard InChI is InChI=1S/C47H37N9O14S4/c1-25-15-33(50-53-39-24-42(57)40(17-27(39)3)54-56-46-45(74(68,69)70)21-28-18-31(9-12-35(28)47(46)58)48-30-7-5-4-6-8-30)10-13-37(25)51-49-32-11-14-38(26(2)16-32)52-55-41-23-36-29(20-44(41)73(65,66)67)19-34(71(59,60)61)22-43(36)72(62,63)64/h4-24,48,57-58H,1-3H3,(H,59,60,61)(H,62,63,64)(H,65,66,67)(H,68,69,70). The molecule has 74 heavy (non-hydrogen) atoms. The average molecular weight is 1080 g/mol. The van der Waals surface area contributed by atoms with Crippen molar-refractivity contribution >= 4 is 119 Å². The van der Waals surface area contributed by atoms with Crippen LogP contribution < -0.4 is 5.32 Å². The van der Waals surface area contributed by atoms with Gasteiger partial charge < -0.3 is 15.5 Å². The number of benzene rings is 8. The summed E-state index contributed by atoms with van der Waals surface area (Å²) in [5.41, 5.74) is 3.33. The second-order valence-electron chi connectivity index (χ2n) is 16.2. The van der Waals surface area contributed by atoms with E-state index in [2.05, 4.69) is 46.2 Å². The maximum atomic E-state index is 12.5. The van der Waals surface area contributed by atoms with E-state index in [9.17, 15) is 62.1 Å². The number of aryl methyl sites for hydroxylation is 3. The minimum absolute atomic E-state index is 0.109. The Kier molecular flexibility index (Phi) is 14.0. The van der Waals surface area contributed by atoms with E-state index in [1.54, 1.807) is 63.2 Å². The molecule has 7 N–H and O–H groups in total. The Morgan fingerprint density at radius 3 is 1.50 bits per heavy atom. The molecule has 0 aliphatic heterocycles. The molecule has 0 amide bonds. The Morgan fingerprint density at radius 2 is 0.919 bits per heavy atom. The number of hydrogen-bond donors (Lipinski definition) is 7. The molecule has 0 saturated heterocycles. The lowest BCUT2D eigenvalue weighted by Crippen LogP contribution is -2.05. The molecule has 0 aliphatic rings. The van der Waals surface area contributed by atoms with Crippen LogP contribution >= 0.6 is 0 Å². The van der Waals surface area contributed by atoms with Gasteiger partial charge in [-0.05, 0) is 151 Å². The Bertz CT molecular complexity index is 4230. The third-order valence-electron chi connectivity index (χ3n) is 10.9. The average Bonchev–Trinajstić information content (AvgIpc) is 3.32. The second kappa shape index (κ2) is 20.0. The summed E-state index contributed by atoms with van der Waals surface area (Å²) in [4.78, 5) is -3.58. The highest BCUT2D eigenvalue weighted by molar-refractivity contribution is 7.87. The summed E-state index contributed by atoms with van der Waals surface area (Å²) >= 11 is 0. The number of phenols is 2. The van der Waals surface area contributed by atoms with Gasteiger partial charge in [-0.25, -0.2) is 0 Å². The van der Waals surface area contributed by atoms with Crippen molar-refractivity contribution in [3.8, 4) is 11.5 Å². The van der Waals surface area contributed by atoms with Crippen molar-refractivity contribution in [2.24, 2.45) is 40.9 Å². The fraction of sp³-hybridized carbons (Fsp3) is 0.0638. The third kappa shape index (κ3) is 11.6. The molecule has 8 aromatic carbocycles. The van der Waals surface area contributed by atoms with Gasteiger partial charge in [0.05, 0.1) is 33.3 Å². The fourth-order valence-corrected chi connectivity index (χ4v) is 9.94. The third-order valence-corrected chi connectivity index (χ3v) is 14.4. The van der Waals surface area contributed by atoms with Crippen molar-refractivity contribution in [3.63, 3.8) is 0 Å². The number of azo groups is 4. The number of nitrogens with one attached hydrogen (secondary N) is 1. The van der Waals surface area contributed by atoms with Crippen LogP contribution in [0.4, 0.5) is 56.9 Å². The summed E-state index contributed by atoms with van der Waals surface area (Å²) in [6.45, 7) is 5.02. The van der Waals surface area contributed by atoms with E-state index >= 15 is 0 Å². The van der Waals surface area contributed by atoms with E-state index < -0.39 is 93.7 Å². The summed E-state index contributed by atoms with van der Waals surface area (Å²) in [7, 11) is -20.2. The van der Waals surface area contributed by atoms with Gasteiger partial charge in [-0.2, -0.15) is 59.2 Å². The number of nitrogens with zero attached hydrogens (tertiary/aromatic N) is 8. The molecule has 8 rings (SSSR count). The molecule has 0 heterocycles. The summed E-state index contributed by atoms with van der Waals surface area (Å²) in [5.74, 6) is -0.982. The molecule has 378 valence electrons. The Balaban J connectivity index is 0.976. The van der Waals surface area contributed by atoms with Gasteiger partial charge >= 0.3 is 0 Å². The number of fused-ring (bicyclic) bond motifs is 2. The fourth-order valence-electron chi connectivity index (χ4n) is 7.30.